The van der Waals surface area contributed by atoms with E-state index in [1.165, 1.54) is 76.6 Å². The highest BCUT2D eigenvalue weighted by Crippen LogP contribution is 2.43. The fourth-order valence-corrected chi connectivity index (χ4v) is 13.8. The summed E-state index contributed by atoms with van der Waals surface area (Å²) in [4.78, 5) is 15.1. The van der Waals surface area contributed by atoms with Gasteiger partial charge in [0.25, 0.3) is 0 Å². The topological polar surface area (TPSA) is 53.5 Å². The number of hydrogen-bond donors (Lipinski definition) is 0. The molecule has 0 aliphatic rings. The fraction of sp³-hybridized carbons (Fsp3) is 0.0357. The van der Waals surface area contributed by atoms with E-state index in [0.717, 1.165) is 66.9 Å². The second-order valence-corrected chi connectivity index (χ2v) is 24.0. The molecular weight excluding hydrogens is 1090 g/mol. The van der Waals surface area contributed by atoms with E-state index in [9.17, 15) is 0 Å². The van der Waals surface area contributed by atoms with Crippen molar-refractivity contribution in [2.75, 3.05) is 0 Å². The van der Waals surface area contributed by atoms with Crippen LogP contribution in [0.25, 0.3) is 155 Å². The number of rotatable bonds is 11. The molecule has 0 spiro atoms. The zero-order valence-electron chi connectivity index (χ0n) is 49.7. The molecule has 0 aliphatic heterocycles. The molecule has 13 aromatic carbocycles. The van der Waals surface area contributed by atoms with Crippen LogP contribution in [0.1, 0.15) is 19.4 Å². The van der Waals surface area contributed by atoms with Crippen molar-refractivity contribution >= 4 is 65.4 Å². The minimum atomic E-state index is -0.500. The van der Waals surface area contributed by atoms with Crippen molar-refractivity contribution in [2.45, 2.75) is 19.4 Å². The van der Waals surface area contributed by atoms with Crippen LogP contribution in [0.2, 0.25) is 0 Å². The summed E-state index contributed by atoms with van der Waals surface area (Å²) in [6.45, 7) is 4.66. The SMILES string of the molecule is CC(C)(c1ccc(-c2nc(-c3ccccc3)nc(-c3ccccc3)n2)cc1)n1c2ccc(-c3ccc(-n4c5ccccc5c5ccc(-c6ccccc6)cc54)cc3)cc2c2cc(-c3ccc(-n4c5ccccc5c5ccc(-c6ccccc6)cc54)cc3)ccc21. The third-order valence-corrected chi connectivity index (χ3v) is 18.4. The Morgan fingerprint density at radius 1 is 0.222 bits per heavy atom. The van der Waals surface area contributed by atoms with E-state index < -0.39 is 5.54 Å². The van der Waals surface area contributed by atoms with Gasteiger partial charge in [-0.1, -0.05) is 243 Å². The number of aromatic nitrogens is 6. The third kappa shape index (κ3) is 8.91. The molecule has 424 valence electrons. The normalized spacial score (nSPS) is 11.9. The predicted molar refractivity (Wildman–Crippen MR) is 374 cm³/mol. The summed E-state index contributed by atoms with van der Waals surface area (Å²) >= 11 is 0. The second-order valence-electron chi connectivity index (χ2n) is 24.0. The van der Waals surface area contributed by atoms with E-state index in [4.69, 9.17) is 15.0 Å². The molecule has 0 bridgehead atoms. The largest absolute Gasteiger partial charge is 0.331 e. The lowest BCUT2D eigenvalue weighted by molar-refractivity contribution is 0.465. The van der Waals surface area contributed by atoms with Gasteiger partial charge in [-0.05, 0) is 137 Å². The van der Waals surface area contributed by atoms with Gasteiger partial charge in [0.15, 0.2) is 17.5 Å². The average molecular weight is 1150 g/mol. The minimum Gasteiger partial charge on any atom is -0.331 e. The monoisotopic (exact) mass is 1150 g/mol. The Labute approximate surface area is 521 Å². The first kappa shape index (κ1) is 52.6. The lowest BCUT2D eigenvalue weighted by atomic mass is 9.92. The van der Waals surface area contributed by atoms with Gasteiger partial charge in [-0.3, -0.25) is 0 Å². The number of fused-ring (bicyclic) bond motifs is 9. The Kier molecular flexibility index (Phi) is 12.4. The summed E-state index contributed by atoms with van der Waals surface area (Å²) in [6, 6.07) is 114. The van der Waals surface area contributed by atoms with Crippen molar-refractivity contribution in [3.63, 3.8) is 0 Å². The number of para-hydroxylation sites is 2. The summed E-state index contributed by atoms with van der Waals surface area (Å²) in [5.74, 6) is 1.91. The van der Waals surface area contributed by atoms with Crippen molar-refractivity contribution in [1.29, 1.82) is 0 Å². The predicted octanol–water partition coefficient (Wildman–Crippen LogP) is 21.6. The molecule has 0 saturated carbocycles. The Bertz CT molecular complexity index is 5250. The molecule has 0 N–H and O–H groups in total. The molecule has 17 aromatic rings. The van der Waals surface area contributed by atoms with Gasteiger partial charge in [-0.15, -0.1) is 0 Å². The maximum atomic E-state index is 5.07. The van der Waals surface area contributed by atoms with Crippen LogP contribution in [0.5, 0.6) is 0 Å². The van der Waals surface area contributed by atoms with Gasteiger partial charge in [0.1, 0.15) is 0 Å². The number of benzene rings is 13. The van der Waals surface area contributed by atoms with Crippen LogP contribution in [0, 0.1) is 0 Å². The van der Waals surface area contributed by atoms with E-state index >= 15 is 0 Å². The number of hydrogen-bond acceptors (Lipinski definition) is 3. The van der Waals surface area contributed by atoms with Gasteiger partial charge < -0.3 is 13.7 Å². The fourth-order valence-electron chi connectivity index (χ4n) is 13.8. The van der Waals surface area contributed by atoms with Crippen molar-refractivity contribution in [3.05, 3.63) is 321 Å². The van der Waals surface area contributed by atoms with Crippen molar-refractivity contribution in [2.24, 2.45) is 0 Å². The van der Waals surface area contributed by atoms with Crippen molar-refractivity contribution < 1.29 is 0 Å². The van der Waals surface area contributed by atoms with Gasteiger partial charge in [0, 0.05) is 71.4 Å². The van der Waals surface area contributed by atoms with Crippen molar-refractivity contribution in [3.8, 4) is 90.0 Å². The van der Waals surface area contributed by atoms with Gasteiger partial charge in [-0.25, -0.2) is 15.0 Å². The molecule has 0 unspecified atom stereocenters. The number of nitrogens with zero attached hydrogens (tertiary/aromatic N) is 6. The summed E-state index contributed by atoms with van der Waals surface area (Å²) in [7, 11) is 0. The molecule has 0 fully saturated rings. The summed E-state index contributed by atoms with van der Waals surface area (Å²) in [5.41, 5.74) is 22.2. The van der Waals surface area contributed by atoms with E-state index in [1.54, 1.807) is 0 Å². The van der Waals surface area contributed by atoms with Gasteiger partial charge in [0.05, 0.1) is 27.6 Å². The van der Waals surface area contributed by atoms with E-state index in [1.807, 2.05) is 60.7 Å². The molecular formula is C84H58N6. The van der Waals surface area contributed by atoms with Crippen LogP contribution in [-0.2, 0) is 5.54 Å². The Morgan fingerprint density at radius 2 is 0.522 bits per heavy atom. The summed E-state index contributed by atoms with van der Waals surface area (Å²) < 4.78 is 7.37. The van der Waals surface area contributed by atoms with Crippen LogP contribution < -0.4 is 0 Å². The zero-order valence-corrected chi connectivity index (χ0v) is 49.7. The molecule has 6 heteroatoms. The Balaban J connectivity index is 0.778. The van der Waals surface area contributed by atoms with Gasteiger partial charge in [-0.2, -0.15) is 0 Å². The maximum Gasteiger partial charge on any atom is 0.164 e. The van der Waals surface area contributed by atoms with Crippen LogP contribution >= 0.6 is 0 Å². The lowest BCUT2D eigenvalue weighted by Gasteiger charge is -2.30. The Hall–Kier alpha value is -11.7. The molecule has 0 radical (unpaired) electrons. The van der Waals surface area contributed by atoms with Crippen LogP contribution in [-0.4, -0.2) is 28.7 Å². The molecule has 0 saturated heterocycles. The summed E-state index contributed by atoms with van der Waals surface area (Å²) in [5, 5.41) is 7.35. The maximum absolute atomic E-state index is 5.07. The van der Waals surface area contributed by atoms with Gasteiger partial charge in [0.2, 0.25) is 0 Å². The molecule has 0 atom stereocenters. The highest BCUT2D eigenvalue weighted by molar-refractivity contribution is 6.13. The zero-order chi connectivity index (χ0) is 59.9. The lowest BCUT2D eigenvalue weighted by Crippen LogP contribution is -2.27. The quantitative estimate of drug-likeness (QED) is 0.130. The van der Waals surface area contributed by atoms with Crippen LogP contribution in [0.4, 0.5) is 0 Å². The summed E-state index contributed by atoms with van der Waals surface area (Å²) in [6.07, 6.45) is 0. The average Bonchev–Trinajstić information content (AvgIpc) is 1.61. The molecule has 4 aromatic heterocycles. The molecule has 90 heavy (non-hydrogen) atoms. The Morgan fingerprint density at radius 3 is 0.933 bits per heavy atom. The third-order valence-electron chi connectivity index (χ3n) is 18.4. The van der Waals surface area contributed by atoms with Crippen LogP contribution in [0.15, 0.2) is 315 Å². The van der Waals surface area contributed by atoms with Crippen LogP contribution in [0.3, 0.4) is 0 Å². The molecule has 17 rings (SSSR count). The first-order valence-electron chi connectivity index (χ1n) is 30.8. The molecule has 0 aliphatic carbocycles. The smallest absolute Gasteiger partial charge is 0.164 e. The highest BCUT2D eigenvalue weighted by atomic mass is 15.1. The molecule has 6 nitrogen and oxygen atoms in total. The first-order valence-corrected chi connectivity index (χ1v) is 30.8. The standard InChI is InChI=1S/C84H58N6/c1-84(2,66-41-31-61(32-42-66)83-86-81(59-23-11-5-12-24-59)85-82(87-83)60-25-13-6-14-26-60)90-77-49-39-62(57-33-43-67(44-34-57)88-75-29-17-15-27-69(75)71-47-37-64(53-79(71)88)55-19-7-3-8-20-55)51-73(77)74-52-63(40-50-78(74)90)58-35-45-68(46-36-58)89-76-30-18-16-28-70(76)72-48-38-65(54-80(72)89)56-21-9-4-10-22-56/h3-54H,1-2H3. The van der Waals surface area contributed by atoms with Gasteiger partial charge >= 0.3 is 0 Å². The minimum absolute atomic E-state index is 0.500. The van der Waals surface area contributed by atoms with Crippen molar-refractivity contribution in [1.82, 2.24) is 28.7 Å². The first-order chi connectivity index (χ1) is 44.4. The van der Waals surface area contributed by atoms with E-state index in [2.05, 4.69) is 282 Å². The van der Waals surface area contributed by atoms with E-state index in [-0.39, 0.29) is 0 Å². The molecule has 0 amide bonds. The highest BCUT2D eigenvalue weighted by Gasteiger charge is 2.29. The second kappa shape index (κ2) is 21.3. The van der Waals surface area contributed by atoms with E-state index in [0.29, 0.717) is 17.5 Å². The molecule has 4 heterocycles.